The number of hydrogen-bond donors (Lipinski definition) is 2. The molecule has 3 N–H and O–H groups in total. The molecule has 5 heteroatoms. The van der Waals surface area contributed by atoms with Crippen molar-refractivity contribution in [2.24, 2.45) is 11.1 Å². The van der Waals surface area contributed by atoms with E-state index in [-0.39, 0.29) is 17.9 Å². The molecule has 0 spiro atoms. The summed E-state index contributed by atoms with van der Waals surface area (Å²) in [7, 11) is 0. The van der Waals surface area contributed by atoms with Crippen LogP contribution in [0.1, 0.15) is 39.5 Å². The molecular formula is C13H23N3O2. The van der Waals surface area contributed by atoms with Gasteiger partial charge in [0, 0.05) is 19.1 Å². The molecule has 2 amide bonds. The van der Waals surface area contributed by atoms with E-state index in [9.17, 15) is 9.59 Å². The lowest BCUT2D eigenvalue weighted by atomic mass is 9.89. The van der Waals surface area contributed by atoms with E-state index in [4.69, 9.17) is 5.73 Å². The topological polar surface area (TPSA) is 75.4 Å². The van der Waals surface area contributed by atoms with Crippen LogP contribution in [0, 0.1) is 5.41 Å². The van der Waals surface area contributed by atoms with Crippen molar-refractivity contribution in [3.63, 3.8) is 0 Å². The molecule has 2 aliphatic heterocycles. The van der Waals surface area contributed by atoms with Gasteiger partial charge in [0.25, 0.3) is 0 Å². The average Bonchev–Trinajstić information content (AvgIpc) is 2.72. The Hall–Kier alpha value is -1.10. The van der Waals surface area contributed by atoms with Gasteiger partial charge in [-0.25, -0.2) is 0 Å². The Morgan fingerprint density at radius 1 is 1.39 bits per heavy atom. The molecule has 0 aliphatic carbocycles. The standard InChI is InChI=1S/C13H23N3O2/c1-9-4-3-5-10(15-9)11(17)16-7-6-13(2,8-16)12(14)18/h9-10,15H,3-8H2,1-2H3,(H2,14,18). The van der Waals surface area contributed by atoms with Crippen LogP contribution >= 0.6 is 0 Å². The highest BCUT2D eigenvalue weighted by Crippen LogP contribution is 2.30. The van der Waals surface area contributed by atoms with Crippen molar-refractivity contribution in [1.82, 2.24) is 10.2 Å². The molecule has 18 heavy (non-hydrogen) atoms. The van der Waals surface area contributed by atoms with Crippen molar-refractivity contribution < 1.29 is 9.59 Å². The second-order valence-corrected chi connectivity index (χ2v) is 5.99. The van der Waals surface area contributed by atoms with E-state index >= 15 is 0 Å². The zero-order valence-electron chi connectivity index (χ0n) is 11.2. The molecule has 102 valence electrons. The second kappa shape index (κ2) is 4.88. The first-order valence-corrected chi connectivity index (χ1v) is 6.77. The smallest absolute Gasteiger partial charge is 0.239 e. The molecule has 0 aromatic heterocycles. The maximum Gasteiger partial charge on any atom is 0.239 e. The quantitative estimate of drug-likeness (QED) is 0.740. The number of rotatable bonds is 2. The minimum atomic E-state index is -0.546. The maximum atomic E-state index is 12.4. The molecule has 5 nitrogen and oxygen atoms in total. The molecular weight excluding hydrogens is 230 g/mol. The number of amides is 2. The predicted octanol–water partition coefficient (Wildman–Crippen LogP) is 0.241. The van der Waals surface area contributed by atoms with Crippen LogP contribution in [0.15, 0.2) is 0 Å². The number of nitrogens with one attached hydrogen (secondary N) is 1. The third-order valence-electron chi connectivity index (χ3n) is 4.29. The first-order valence-electron chi connectivity index (χ1n) is 6.77. The molecule has 2 aliphatic rings. The van der Waals surface area contributed by atoms with Crippen LogP contribution in [0.4, 0.5) is 0 Å². The number of carbonyl (C=O) groups excluding carboxylic acids is 2. The summed E-state index contributed by atoms with van der Waals surface area (Å²) in [5, 5.41) is 3.34. The van der Waals surface area contributed by atoms with Gasteiger partial charge in [0.1, 0.15) is 0 Å². The first-order chi connectivity index (χ1) is 8.42. The van der Waals surface area contributed by atoms with Gasteiger partial charge in [-0.1, -0.05) is 0 Å². The van der Waals surface area contributed by atoms with Gasteiger partial charge in [0.15, 0.2) is 0 Å². The predicted molar refractivity (Wildman–Crippen MR) is 68.7 cm³/mol. The van der Waals surface area contributed by atoms with Crippen molar-refractivity contribution >= 4 is 11.8 Å². The largest absolute Gasteiger partial charge is 0.369 e. The Morgan fingerprint density at radius 3 is 2.67 bits per heavy atom. The molecule has 0 aromatic carbocycles. The van der Waals surface area contributed by atoms with E-state index in [1.165, 1.54) is 0 Å². The Labute approximate surface area is 108 Å². The van der Waals surface area contributed by atoms with E-state index in [2.05, 4.69) is 12.2 Å². The maximum absolute atomic E-state index is 12.4. The van der Waals surface area contributed by atoms with Gasteiger partial charge < -0.3 is 16.0 Å². The summed E-state index contributed by atoms with van der Waals surface area (Å²) in [6, 6.07) is 0.321. The van der Waals surface area contributed by atoms with Gasteiger partial charge >= 0.3 is 0 Å². The normalized spacial score (nSPS) is 36.7. The average molecular weight is 253 g/mol. The number of likely N-dealkylation sites (tertiary alicyclic amines) is 1. The van der Waals surface area contributed by atoms with Crippen LogP contribution in [0.25, 0.3) is 0 Å². The number of nitrogens with two attached hydrogens (primary N) is 1. The molecule has 0 bridgehead atoms. The third kappa shape index (κ3) is 2.51. The Kier molecular flexibility index (Phi) is 3.61. The van der Waals surface area contributed by atoms with Gasteiger partial charge in [-0.3, -0.25) is 9.59 Å². The van der Waals surface area contributed by atoms with Crippen LogP contribution < -0.4 is 11.1 Å². The first kappa shape index (κ1) is 13.3. The summed E-state index contributed by atoms with van der Waals surface area (Å²) >= 11 is 0. The summed E-state index contributed by atoms with van der Waals surface area (Å²) in [5.41, 5.74) is 4.86. The lowest BCUT2D eigenvalue weighted by molar-refractivity contribution is -0.134. The molecule has 0 saturated carbocycles. The second-order valence-electron chi connectivity index (χ2n) is 5.99. The van der Waals surface area contributed by atoms with E-state index in [1.807, 2.05) is 6.92 Å². The van der Waals surface area contributed by atoms with E-state index in [0.29, 0.717) is 25.6 Å². The number of carbonyl (C=O) groups is 2. The van der Waals surface area contributed by atoms with Gasteiger partial charge in [0.05, 0.1) is 11.5 Å². The molecule has 0 aromatic rings. The minimum absolute atomic E-state index is 0.0797. The van der Waals surface area contributed by atoms with Crippen molar-refractivity contribution in [3.8, 4) is 0 Å². The molecule has 2 heterocycles. The molecule has 2 saturated heterocycles. The van der Waals surface area contributed by atoms with Crippen molar-refractivity contribution in [2.45, 2.75) is 51.6 Å². The summed E-state index contributed by atoms with van der Waals surface area (Å²) in [5.74, 6) is -0.172. The minimum Gasteiger partial charge on any atom is -0.369 e. The van der Waals surface area contributed by atoms with Crippen molar-refractivity contribution in [3.05, 3.63) is 0 Å². The van der Waals surface area contributed by atoms with E-state index in [1.54, 1.807) is 4.90 Å². The number of hydrogen-bond acceptors (Lipinski definition) is 3. The SMILES string of the molecule is CC1CCCC(C(=O)N2CCC(C)(C(N)=O)C2)N1. The highest BCUT2D eigenvalue weighted by molar-refractivity contribution is 5.86. The summed E-state index contributed by atoms with van der Waals surface area (Å²) in [4.78, 5) is 25.5. The van der Waals surface area contributed by atoms with Gasteiger partial charge in [-0.2, -0.15) is 0 Å². The molecule has 3 atom stereocenters. The zero-order valence-corrected chi connectivity index (χ0v) is 11.2. The van der Waals surface area contributed by atoms with Gasteiger partial charge in [-0.05, 0) is 39.5 Å². The van der Waals surface area contributed by atoms with Crippen molar-refractivity contribution in [2.75, 3.05) is 13.1 Å². The number of piperidine rings is 1. The van der Waals surface area contributed by atoms with E-state index < -0.39 is 5.41 Å². The van der Waals surface area contributed by atoms with Gasteiger partial charge in [-0.15, -0.1) is 0 Å². The highest BCUT2D eigenvalue weighted by atomic mass is 16.2. The summed E-state index contributed by atoms with van der Waals surface area (Å²) in [6.45, 7) is 5.06. The lowest BCUT2D eigenvalue weighted by Crippen LogP contribution is -2.51. The zero-order chi connectivity index (χ0) is 13.3. The van der Waals surface area contributed by atoms with Crippen LogP contribution in [-0.2, 0) is 9.59 Å². The Morgan fingerprint density at radius 2 is 2.11 bits per heavy atom. The van der Waals surface area contributed by atoms with Crippen LogP contribution in [0.2, 0.25) is 0 Å². The molecule has 3 unspecified atom stereocenters. The summed E-state index contributed by atoms with van der Waals surface area (Å²) in [6.07, 6.45) is 3.79. The monoisotopic (exact) mass is 253 g/mol. The number of primary amides is 1. The number of nitrogens with zero attached hydrogens (tertiary/aromatic N) is 1. The molecule has 2 rings (SSSR count). The van der Waals surface area contributed by atoms with Crippen molar-refractivity contribution in [1.29, 1.82) is 0 Å². The molecule has 2 fully saturated rings. The Balaban J connectivity index is 1.97. The summed E-state index contributed by atoms with van der Waals surface area (Å²) < 4.78 is 0. The van der Waals surface area contributed by atoms with Crippen LogP contribution in [-0.4, -0.2) is 41.9 Å². The highest BCUT2D eigenvalue weighted by Gasteiger charge is 2.42. The fourth-order valence-electron chi connectivity index (χ4n) is 2.90. The lowest BCUT2D eigenvalue weighted by Gasteiger charge is -2.31. The third-order valence-corrected chi connectivity index (χ3v) is 4.29. The van der Waals surface area contributed by atoms with Crippen LogP contribution in [0.5, 0.6) is 0 Å². The van der Waals surface area contributed by atoms with E-state index in [0.717, 1.165) is 19.3 Å². The fraction of sp³-hybridized carbons (Fsp3) is 0.846. The fourth-order valence-corrected chi connectivity index (χ4v) is 2.90. The van der Waals surface area contributed by atoms with Gasteiger partial charge in [0.2, 0.25) is 11.8 Å². The van der Waals surface area contributed by atoms with Crippen LogP contribution in [0.3, 0.4) is 0 Å². The Bertz CT molecular complexity index is 358. The molecule has 0 radical (unpaired) electrons.